The maximum Gasteiger partial charge on any atom is 0.159 e. The van der Waals surface area contributed by atoms with Crippen molar-refractivity contribution in [1.82, 2.24) is 0 Å². The molecule has 1 aliphatic rings. The molecule has 158 valence electrons. The van der Waals surface area contributed by atoms with Crippen LogP contribution in [0.3, 0.4) is 0 Å². The third-order valence-corrected chi connectivity index (χ3v) is 7.49. The Morgan fingerprint density at radius 3 is 2.06 bits per heavy atom. The molecule has 0 saturated heterocycles. The molecule has 1 heterocycles. The summed E-state index contributed by atoms with van der Waals surface area (Å²) in [5.74, 6) is 1.01. The van der Waals surface area contributed by atoms with E-state index in [0.717, 1.165) is 35.1 Å². The highest BCUT2D eigenvalue weighted by atomic mass is 127. The first-order valence-electron chi connectivity index (χ1n) is 10.7. The Balaban J connectivity index is 2.06. The lowest BCUT2D eigenvalue weighted by atomic mass is 9.81. The van der Waals surface area contributed by atoms with Crippen LogP contribution in [-0.4, -0.2) is 0 Å². The van der Waals surface area contributed by atoms with Crippen molar-refractivity contribution < 1.29 is 4.74 Å². The highest BCUT2D eigenvalue weighted by Gasteiger charge is 2.45. The lowest BCUT2D eigenvalue weighted by Crippen LogP contribution is -2.24. The van der Waals surface area contributed by atoms with Crippen LogP contribution in [0.1, 0.15) is 49.8 Å². The highest BCUT2D eigenvalue weighted by Crippen LogP contribution is 2.56. The van der Waals surface area contributed by atoms with E-state index in [1.165, 1.54) is 25.9 Å². The SMILES string of the molecule is CCCC/C(I)=C1/OC(C)(c2ccccc2Br)C(c2ccccc2)=C1c1ccccc1. The molecule has 0 radical (unpaired) electrons. The largest absolute Gasteiger partial charge is 0.477 e. The Kier molecular flexibility index (Phi) is 7.02. The summed E-state index contributed by atoms with van der Waals surface area (Å²) in [6.45, 7) is 4.44. The predicted octanol–water partition coefficient (Wildman–Crippen LogP) is 9.14. The molecule has 0 fully saturated rings. The van der Waals surface area contributed by atoms with Gasteiger partial charge in [0.05, 0.1) is 0 Å². The smallest absolute Gasteiger partial charge is 0.159 e. The fourth-order valence-electron chi connectivity index (χ4n) is 4.24. The van der Waals surface area contributed by atoms with Crippen LogP contribution < -0.4 is 0 Å². The average molecular weight is 585 g/mol. The number of halogens is 2. The Morgan fingerprint density at radius 1 is 0.871 bits per heavy atom. The van der Waals surface area contributed by atoms with E-state index < -0.39 is 5.60 Å². The molecule has 1 unspecified atom stereocenters. The van der Waals surface area contributed by atoms with Crippen LogP contribution in [0.4, 0.5) is 0 Å². The second kappa shape index (κ2) is 9.74. The number of unbranched alkanes of at least 4 members (excludes halogenated alkanes) is 1. The van der Waals surface area contributed by atoms with Gasteiger partial charge in [0.15, 0.2) is 5.60 Å². The molecule has 4 rings (SSSR count). The fourth-order valence-corrected chi connectivity index (χ4v) is 5.66. The Morgan fingerprint density at radius 2 is 1.45 bits per heavy atom. The molecule has 0 bridgehead atoms. The van der Waals surface area contributed by atoms with Crippen LogP contribution in [0, 0.1) is 0 Å². The first-order chi connectivity index (χ1) is 15.1. The van der Waals surface area contributed by atoms with Gasteiger partial charge in [-0.25, -0.2) is 0 Å². The van der Waals surface area contributed by atoms with Crippen LogP contribution in [0.15, 0.2) is 98.7 Å². The van der Waals surface area contributed by atoms with Gasteiger partial charge >= 0.3 is 0 Å². The third-order valence-electron chi connectivity index (χ3n) is 5.77. The summed E-state index contributed by atoms with van der Waals surface area (Å²) in [5.41, 5.74) is 5.33. The predicted molar refractivity (Wildman–Crippen MR) is 143 cm³/mol. The van der Waals surface area contributed by atoms with Crippen LogP contribution in [0.5, 0.6) is 0 Å². The van der Waals surface area contributed by atoms with Crippen LogP contribution in [0.25, 0.3) is 11.1 Å². The topological polar surface area (TPSA) is 9.23 Å². The standard InChI is InChI=1S/C28H26BrIO/c1-3-4-19-24(30)27-25(20-13-7-5-8-14-20)26(21-15-9-6-10-16-21)28(2,31-27)22-17-11-12-18-23(22)29/h5-18H,3-4,19H2,1-2H3/b27-24-. The molecule has 31 heavy (non-hydrogen) atoms. The molecule has 3 aromatic carbocycles. The van der Waals surface area contributed by atoms with E-state index in [-0.39, 0.29) is 0 Å². The summed E-state index contributed by atoms with van der Waals surface area (Å²) in [7, 11) is 0. The molecular formula is C28H26BrIO. The van der Waals surface area contributed by atoms with Gasteiger partial charge in [0.25, 0.3) is 0 Å². The quantitative estimate of drug-likeness (QED) is 0.262. The molecule has 1 atom stereocenters. The highest BCUT2D eigenvalue weighted by molar-refractivity contribution is 14.1. The van der Waals surface area contributed by atoms with E-state index in [0.29, 0.717) is 0 Å². The number of allylic oxidation sites excluding steroid dienone is 2. The normalized spacial score (nSPS) is 20.0. The number of benzene rings is 3. The van der Waals surface area contributed by atoms with Gasteiger partial charge in [-0.1, -0.05) is 108 Å². The lowest BCUT2D eigenvalue weighted by Gasteiger charge is -2.30. The van der Waals surface area contributed by atoms with E-state index >= 15 is 0 Å². The number of ether oxygens (including phenoxy) is 1. The minimum Gasteiger partial charge on any atom is -0.477 e. The van der Waals surface area contributed by atoms with Gasteiger partial charge in [0.1, 0.15) is 5.76 Å². The number of hydrogen-bond acceptors (Lipinski definition) is 1. The zero-order valence-corrected chi connectivity index (χ0v) is 21.6. The van der Waals surface area contributed by atoms with Gasteiger partial charge in [-0.05, 0) is 59.5 Å². The Bertz CT molecular complexity index is 1120. The van der Waals surface area contributed by atoms with Crippen molar-refractivity contribution in [2.75, 3.05) is 0 Å². The fraction of sp³-hybridized carbons (Fsp3) is 0.214. The summed E-state index contributed by atoms with van der Waals surface area (Å²) in [4.78, 5) is 0. The van der Waals surface area contributed by atoms with Crippen molar-refractivity contribution in [2.24, 2.45) is 0 Å². The van der Waals surface area contributed by atoms with Crippen LogP contribution in [0.2, 0.25) is 0 Å². The zero-order valence-electron chi connectivity index (χ0n) is 17.9. The van der Waals surface area contributed by atoms with Gasteiger partial charge in [-0.3, -0.25) is 0 Å². The maximum atomic E-state index is 6.98. The van der Waals surface area contributed by atoms with Crippen molar-refractivity contribution in [3.63, 3.8) is 0 Å². The van der Waals surface area contributed by atoms with Crippen LogP contribution >= 0.6 is 38.5 Å². The monoisotopic (exact) mass is 584 g/mol. The van der Waals surface area contributed by atoms with Crippen molar-refractivity contribution in [3.8, 4) is 0 Å². The molecule has 0 aliphatic carbocycles. The minimum absolute atomic E-state index is 0.607. The molecule has 1 aliphatic heterocycles. The van der Waals surface area contributed by atoms with E-state index in [9.17, 15) is 0 Å². The first kappa shape index (κ1) is 22.3. The average Bonchev–Trinajstić information content (AvgIpc) is 3.13. The molecular weight excluding hydrogens is 559 g/mol. The van der Waals surface area contributed by atoms with E-state index in [1.807, 2.05) is 0 Å². The van der Waals surface area contributed by atoms with Gasteiger partial charge in [0, 0.05) is 24.8 Å². The summed E-state index contributed by atoms with van der Waals surface area (Å²) in [6, 6.07) is 29.7. The molecule has 0 N–H and O–H groups in total. The Labute approximate surface area is 207 Å². The molecule has 3 aromatic rings. The summed E-state index contributed by atoms with van der Waals surface area (Å²) in [6.07, 6.45) is 3.34. The van der Waals surface area contributed by atoms with E-state index in [1.54, 1.807) is 0 Å². The van der Waals surface area contributed by atoms with Crippen molar-refractivity contribution in [3.05, 3.63) is 115 Å². The summed E-state index contributed by atoms with van der Waals surface area (Å²) in [5, 5.41) is 0. The lowest BCUT2D eigenvalue weighted by molar-refractivity contribution is 0.0905. The minimum atomic E-state index is -0.607. The maximum absolute atomic E-state index is 6.98. The van der Waals surface area contributed by atoms with Gasteiger partial charge in [0.2, 0.25) is 0 Å². The molecule has 0 spiro atoms. The van der Waals surface area contributed by atoms with Crippen molar-refractivity contribution >= 4 is 49.7 Å². The number of rotatable bonds is 6. The summed E-state index contributed by atoms with van der Waals surface area (Å²) < 4.78 is 9.32. The second-order valence-corrected chi connectivity index (χ2v) is 10.1. The van der Waals surface area contributed by atoms with Crippen molar-refractivity contribution in [2.45, 2.75) is 38.7 Å². The van der Waals surface area contributed by atoms with Gasteiger partial charge in [-0.15, -0.1) is 0 Å². The van der Waals surface area contributed by atoms with E-state index in [4.69, 9.17) is 4.74 Å². The second-order valence-electron chi connectivity index (χ2n) is 7.93. The third kappa shape index (κ3) is 4.40. The molecule has 0 saturated carbocycles. The van der Waals surface area contributed by atoms with Gasteiger partial charge in [-0.2, -0.15) is 0 Å². The summed E-state index contributed by atoms with van der Waals surface area (Å²) >= 11 is 6.29. The first-order valence-corrected chi connectivity index (χ1v) is 12.6. The zero-order chi connectivity index (χ0) is 21.8. The van der Waals surface area contributed by atoms with Crippen LogP contribution in [-0.2, 0) is 10.3 Å². The Hall–Kier alpha value is -1.85. The van der Waals surface area contributed by atoms with Crippen molar-refractivity contribution in [1.29, 1.82) is 0 Å². The molecule has 0 amide bonds. The van der Waals surface area contributed by atoms with Gasteiger partial charge < -0.3 is 4.74 Å². The molecule has 3 heteroatoms. The molecule has 0 aromatic heterocycles. The van der Waals surface area contributed by atoms with E-state index in [2.05, 4.69) is 137 Å². The number of hydrogen-bond donors (Lipinski definition) is 0. The molecule has 1 nitrogen and oxygen atoms in total.